The minimum atomic E-state index is -0.0275. The van der Waals surface area contributed by atoms with Gasteiger partial charge in [0.1, 0.15) is 0 Å². The molecule has 0 aromatic heterocycles. The van der Waals surface area contributed by atoms with Crippen LogP contribution in [-0.2, 0) is 4.79 Å². The number of rotatable bonds is 3. The van der Waals surface area contributed by atoms with Gasteiger partial charge < -0.3 is 10.6 Å². The summed E-state index contributed by atoms with van der Waals surface area (Å²) >= 11 is 11.7. The number of anilines is 1. The maximum Gasteiger partial charge on any atom is 0.238 e. The van der Waals surface area contributed by atoms with Gasteiger partial charge in [0.15, 0.2) is 0 Å². The Hall–Kier alpha value is -0.810. The summed E-state index contributed by atoms with van der Waals surface area (Å²) in [5, 5.41) is 7.07. The third-order valence-electron chi connectivity index (χ3n) is 3.00. The summed E-state index contributed by atoms with van der Waals surface area (Å²) in [4.78, 5) is 14.1. The van der Waals surface area contributed by atoms with Gasteiger partial charge in [-0.25, -0.2) is 0 Å². The van der Waals surface area contributed by atoms with Gasteiger partial charge in [0.25, 0.3) is 0 Å². The third-order valence-corrected chi connectivity index (χ3v) is 3.74. The molecule has 104 valence electrons. The van der Waals surface area contributed by atoms with Crippen molar-refractivity contribution in [3.05, 3.63) is 28.2 Å². The second-order valence-electron chi connectivity index (χ2n) is 4.56. The first kappa shape index (κ1) is 14.6. The molecule has 1 saturated heterocycles. The summed E-state index contributed by atoms with van der Waals surface area (Å²) in [6.07, 6.45) is 1.07. The van der Waals surface area contributed by atoms with Crippen molar-refractivity contribution in [2.45, 2.75) is 6.42 Å². The number of benzene rings is 1. The van der Waals surface area contributed by atoms with Crippen molar-refractivity contribution >= 4 is 34.8 Å². The Balaban J connectivity index is 1.87. The average Bonchev–Trinajstić information content (AvgIpc) is 2.62. The van der Waals surface area contributed by atoms with Crippen molar-refractivity contribution in [2.24, 2.45) is 0 Å². The lowest BCUT2D eigenvalue weighted by Crippen LogP contribution is -2.35. The van der Waals surface area contributed by atoms with E-state index in [9.17, 15) is 4.79 Å². The maximum absolute atomic E-state index is 11.9. The normalized spacial score (nSPS) is 16.9. The molecule has 1 aromatic carbocycles. The number of hydrogen-bond acceptors (Lipinski definition) is 3. The maximum atomic E-state index is 11.9. The van der Waals surface area contributed by atoms with E-state index < -0.39 is 0 Å². The summed E-state index contributed by atoms with van der Waals surface area (Å²) in [7, 11) is 0. The number of halogens is 2. The van der Waals surface area contributed by atoms with Crippen LogP contribution in [0, 0.1) is 0 Å². The molecule has 1 aliphatic rings. The Kier molecular flexibility index (Phi) is 5.45. The molecule has 0 aliphatic carbocycles. The first-order chi connectivity index (χ1) is 9.15. The highest BCUT2D eigenvalue weighted by molar-refractivity contribution is 6.42. The lowest BCUT2D eigenvalue weighted by Gasteiger charge is -2.18. The summed E-state index contributed by atoms with van der Waals surface area (Å²) in [5.74, 6) is -0.0275. The SMILES string of the molecule is O=C(CN1CCCNCC1)Nc1ccc(Cl)c(Cl)c1. The van der Waals surface area contributed by atoms with Gasteiger partial charge in [-0.05, 0) is 37.7 Å². The highest BCUT2D eigenvalue weighted by atomic mass is 35.5. The van der Waals surface area contributed by atoms with Crippen LogP contribution in [0.1, 0.15) is 6.42 Å². The van der Waals surface area contributed by atoms with Gasteiger partial charge >= 0.3 is 0 Å². The zero-order valence-corrected chi connectivity index (χ0v) is 12.1. The third kappa shape index (κ3) is 4.66. The number of nitrogens with one attached hydrogen (secondary N) is 2. The standard InChI is InChI=1S/C13H17Cl2N3O/c14-11-3-2-10(8-12(11)15)17-13(19)9-18-6-1-4-16-5-7-18/h2-3,8,16H,1,4-7,9H2,(H,17,19). The van der Waals surface area contributed by atoms with Crippen LogP contribution < -0.4 is 10.6 Å². The van der Waals surface area contributed by atoms with Crippen LogP contribution in [-0.4, -0.2) is 43.5 Å². The minimum Gasteiger partial charge on any atom is -0.325 e. The Morgan fingerprint density at radius 1 is 1.26 bits per heavy atom. The Morgan fingerprint density at radius 2 is 2.11 bits per heavy atom. The van der Waals surface area contributed by atoms with Crippen LogP contribution in [0.15, 0.2) is 18.2 Å². The van der Waals surface area contributed by atoms with Gasteiger partial charge in [0, 0.05) is 18.8 Å². The van der Waals surface area contributed by atoms with Gasteiger partial charge in [-0.1, -0.05) is 23.2 Å². The predicted molar refractivity (Wildman–Crippen MR) is 79.0 cm³/mol. The summed E-state index contributed by atoms with van der Waals surface area (Å²) < 4.78 is 0. The van der Waals surface area contributed by atoms with Gasteiger partial charge in [0.2, 0.25) is 5.91 Å². The molecule has 0 spiro atoms. The van der Waals surface area contributed by atoms with E-state index in [2.05, 4.69) is 15.5 Å². The minimum absolute atomic E-state index is 0.0275. The lowest BCUT2D eigenvalue weighted by molar-refractivity contribution is -0.117. The molecule has 1 aliphatic heterocycles. The Labute approximate surface area is 123 Å². The van der Waals surface area contributed by atoms with Gasteiger partial charge in [-0.3, -0.25) is 9.69 Å². The topological polar surface area (TPSA) is 44.4 Å². The van der Waals surface area contributed by atoms with E-state index in [-0.39, 0.29) is 5.91 Å². The highest BCUT2D eigenvalue weighted by Crippen LogP contribution is 2.24. The zero-order chi connectivity index (χ0) is 13.7. The van der Waals surface area contributed by atoms with Crippen LogP contribution in [0.5, 0.6) is 0 Å². The fraction of sp³-hybridized carbons (Fsp3) is 0.462. The first-order valence-corrected chi connectivity index (χ1v) is 7.09. The van der Waals surface area contributed by atoms with Crippen molar-refractivity contribution in [3.8, 4) is 0 Å². The lowest BCUT2D eigenvalue weighted by atomic mass is 10.3. The predicted octanol–water partition coefficient (Wildman–Crippen LogP) is 2.23. The summed E-state index contributed by atoms with van der Waals surface area (Å²) in [5.41, 5.74) is 0.673. The van der Waals surface area contributed by atoms with Gasteiger partial charge in [-0.2, -0.15) is 0 Å². The monoisotopic (exact) mass is 301 g/mol. The van der Waals surface area contributed by atoms with E-state index >= 15 is 0 Å². The molecule has 1 heterocycles. The van der Waals surface area contributed by atoms with Crippen molar-refractivity contribution in [1.29, 1.82) is 0 Å². The smallest absolute Gasteiger partial charge is 0.238 e. The summed E-state index contributed by atoms with van der Waals surface area (Å²) in [6, 6.07) is 5.08. The zero-order valence-electron chi connectivity index (χ0n) is 10.6. The van der Waals surface area contributed by atoms with E-state index in [0.29, 0.717) is 22.3 Å². The first-order valence-electron chi connectivity index (χ1n) is 6.33. The molecule has 1 fully saturated rings. The molecule has 0 bridgehead atoms. The molecule has 19 heavy (non-hydrogen) atoms. The molecule has 2 N–H and O–H groups in total. The van der Waals surface area contributed by atoms with Crippen molar-refractivity contribution in [3.63, 3.8) is 0 Å². The molecule has 1 amide bonds. The Morgan fingerprint density at radius 3 is 2.89 bits per heavy atom. The molecule has 0 saturated carbocycles. The van der Waals surface area contributed by atoms with Gasteiger partial charge in [-0.15, -0.1) is 0 Å². The number of carbonyl (C=O) groups excluding carboxylic acids is 1. The number of carbonyl (C=O) groups is 1. The summed E-state index contributed by atoms with van der Waals surface area (Å²) in [6.45, 7) is 4.20. The van der Waals surface area contributed by atoms with Crippen LogP contribution in [0.3, 0.4) is 0 Å². The quantitative estimate of drug-likeness (QED) is 0.900. The molecular weight excluding hydrogens is 285 g/mol. The molecule has 6 heteroatoms. The molecule has 0 atom stereocenters. The van der Waals surface area contributed by atoms with Crippen LogP contribution >= 0.6 is 23.2 Å². The van der Waals surface area contributed by atoms with Crippen molar-refractivity contribution in [2.75, 3.05) is 38.0 Å². The van der Waals surface area contributed by atoms with E-state index in [1.165, 1.54) is 0 Å². The van der Waals surface area contributed by atoms with E-state index in [0.717, 1.165) is 32.6 Å². The molecular formula is C13H17Cl2N3O. The molecule has 0 radical (unpaired) electrons. The molecule has 1 aromatic rings. The largest absolute Gasteiger partial charge is 0.325 e. The number of nitrogens with zero attached hydrogens (tertiary/aromatic N) is 1. The van der Waals surface area contributed by atoms with Gasteiger partial charge in [0.05, 0.1) is 16.6 Å². The number of hydrogen-bond donors (Lipinski definition) is 2. The highest BCUT2D eigenvalue weighted by Gasteiger charge is 2.13. The van der Waals surface area contributed by atoms with Crippen molar-refractivity contribution < 1.29 is 4.79 Å². The number of amides is 1. The average molecular weight is 302 g/mol. The molecule has 2 rings (SSSR count). The fourth-order valence-electron chi connectivity index (χ4n) is 2.04. The van der Waals surface area contributed by atoms with E-state index in [1.807, 2.05) is 0 Å². The van der Waals surface area contributed by atoms with E-state index in [4.69, 9.17) is 23.2 Å². The molecule has 0 unspecified atom stereocenters. The van der Waals surface area contributed by atoms with E-state index in [1.54, 1.807) is 18.2 Å². The van der Waals surface area contributed by atoms with Crippen molar-refractivity contribution in [1.82, 2.24) is 10.2 Å². The fourth-order valence-corrected chi connectivity index (χ4v) is 2.34. The Bertz CT molecular complexity index is 446. The second kappa shape index (κ2) is 7.10. The van der Waals surface area contributed by atoms with Crippen LogP contribution in [0.4, 0.5) is 5.69 Å². The second-order valence-corrected chi connectivity index (χ2v) is 5.37. The van der Waals surface area contributed by atoms with Crippen LogP contribution in [0.25, 0.3) is 0 Å². The van der Waals surface area contributed by atoms with Crippen LogP contribution in [0.2, 0.25) is 10.0 Å². The molecule has 4 nitrogen and oxygen atoms in total.